The second kappa shape index (κ2) is 12.9. The minimum absolute atomic E-state index is 0.637. The molecular weight excluding hydrogens is 524 g/mol. The average Bonchev–Trinajstić information content (AvgIpc) is 2.57. The molecule has 32 heavy (non-hydrogen) atoms. The quantitative estimate of drug-likeness (QED) is 0.0878. The van der Waals surface area contributed by atoms with Gasteiger partial charge in [0.1, 0.15) is 6.79 Å². The van der Waals surface area contributed by atoms with E-state index in [1.165, 1.54) is 6.92 Å². The van der Waals surface area contributed by atoms with Gasteiger partial charge in [0.2, 0.25) is 0 Å². The molecule has 192 valence electrons. The molecule has 16 nitrogen and oxygen atoms in total. The lowest BCUT2D eigenvalue weighted by Gasteiger charge is -2.40. The van der Waals surface area contributed by atoms with Crippen molar-refractivity contribution in [2.45, 2.75) is 56.3 Å². The van der Waals surface area contributed by atoms with Crippen LogP contribution in [0.5, 0.6) is 0 Å². The van der Waals surface area contributed by atoms with Crippen molar-refractivity contribution in [3.8, 4) is 0 Å². The molecule has 0 aromatic carbocycles. The number of carboxylic acid groups (broad SMARTS) is 1. The summed E-state index contributed by atoms with van der Waals surface area (Å²) in [7, 11) is -17.8. The molecule has 10 N–H and O–H groups in total. The molecule has 0 fully saturated rings. The Bertz CT molecular complexity index is 693. The van der Waals surface area contributed by atoms with Gasteiger partial charge in [-0.15, -0.1) is 0 Å². The van der Waals surface area contributed by atoms with E-state index in [1.54, 1.807) is 0 Å². The van der Waals surface area contributed by atoms with Crippen LogP contribution in [0, 0.1) is 5.92 Å². The normalized spacial score (nSPS) is 18.9. The lowest BCUT2D eigenvalue weighted by molar-refractivity contribution is -0.145. The molecule has 4 atom stereocenters. The predicted octanol–water partition coefficient (Wildman–Crippen LogP) is -0.173. The molecular formula is C12H28O16P4. The van der Waals surface area contributed by atoms with E-state index < -0.39 is 93.5 Å². The first-order valence-electron chi connectivity index (χ1n) is 8.67. The molecule has 0 aliphatic carbocycles. The number of ether oxygens (including phenoxy) is 1. The molecule has 0 aromatic rings. The standard InChI is InChI=1S/C12H28O16P4/c1-3-11(27-29(16)17,31(20,21)22)5-9(10(14)15)6-12(28-30(18)19,32(23,24)25)4-8(2)26-7-13/h8-9,13,16-19H,3-7H2,1-2H3,(H,14,15)(H2,20,21,22)(H2,23,24,25). The smallest absolute Gasteiger partial charge is 0.357 e. The van der Waals surface area contributed by atoms with Crippen LogP contribution in [-0.2, 0) is 27.7 Å². The van der Waals surface area contributed by atoms with Crippen LogP contribution in [0.3, 0.4) is 0 Å². The summed E-state index contributed by atoms with van der Waals surface area (Å²) in [4.78, 5) is 87.9. The summed E-state index contributed by atoms with van der Waals surface area (Å²) in [5, 5.41) is 12.8. The highest BCUT2D eigenvalue weighted by Gasteiger charge is 2.57. The summed E-state index contributed by atoms with van der Waals surface area (Å²) >= 11 is 0. The third kappa shape index (κ3) is 9.16. The molecule has 0 rings (SSSR count). The fraction of sp³-hybridized carbons (Fsp3) is 0.917. The van der Waals surface area contributed by atoms with Gasteiger partial charge >= 0.3 is 38.4 Å². The van der Waals surface area contributed by atoms with Crippen molar-refractivity contribution in [3.63, 3.8) is 0 Å². The number of rotatable bonds is 16. The van der Waals surface area contributed by atoms with Crippen molar-refractivity contribution < 1.29 is 77.1 Å². The number of aliphatic hydroxyl groups is 1. The van der Waals surface area contributed by atoms with Crippen LogP contribution < -0.4 is 0 Å². The van der Waals surface area contributed by atoms with E-state index in [2.05, 4.69) is 9.05 Å². The first kappa shape index (κ1) is 32.3. The minimum atomic E-state index is -5.55. The minimum Gasteiger partial charge on any atom is -0.481 e. The summed E-state index contributed by atoms with van der Waals surface area (Å²) in [5.41, 5.74) is 0. The molecule has 0 radical (unpaired) electrons. The Kier molecular flexibility index (Phi) is 13.0. The molecule has 0 saturated heterocycles. The van der Waals surface area contributed by atoms with Gasteiger partial charge in [-0.1, -0.05) is 6.92 Å². The molecule has 0 aliphatic heterocycles. The zero-order valence-electron chi connectivity index (χ0n) is 16.9. The Morgan fingerprint density at radius 2 is 1.31 bits per heavy atom. The summed E-state index contributed by atoms with van der Waals surface area (Å²) in [6, 6.07) is 0. The van der Waals surface area contributed by atoms with Gasteiger partial charge in [0.25, 0.3) is 0 Å². The third-order valence-corrected chi connectivity index (χ3v) is 9.05. The zero-order chi connectivity index (χ0) is 25.5. The summed E-state index contributed by atoms with van der Waals surface area (Å²) in [6.45, 7) is 1.44. The Morgan fingerprint density at radius 3 is 1.62 bits per heavy atom. The maximum absolute atomic E-state index is 12.3. The van der Waals surface area contributed by atoms with E-state index in [9.17, 15) is 48.4 Å². The van der Waals surface area contributed by atoms with Gasteiger partial charge in [-0.25, -0.2) is 0 Å². The lowest BCUT2D eigenvalue weighted by Crippen LogP contribution is -2.42. The van der Waals surface area contributed by atoms with E-state index in [-0.39, 0.29) is 0 Å². The number of carbonyl (C=O) groups is 1. The summed E-state index contributed by atoms with van der Waals surface area (Å²) < 4.78 is 38.3. The van der Waals surface area contributed by atoms with Gasteiger partial charge in [-0.2, -0.15) is 0 Å². The Balaban J connectivity index is 6.50. The molecule has 0 aliphatic rings. The molecule has 20 heteroatoms. The van der Waals surface area contributed by atoms with Crippen molar-refractivity contribution in [2.75, 3.05) is 6.79 Å². The first-order valence-corrected chi connectivity index (χ1v) is 14.2. The van der Waals surface area contributed by atoms with Crippen LogP contribution >= 0.6 is 32.4 Å². The number of aliphatic carboxylic acids is 1. The van der Waals surface area contributed by atoms with Gasteiger partial charge in [-0.05, 0) is 13.3 Å². The number of carboxylic acids is 1. The molecule has 0 spiro atoms. The van der Waals surface area contributed by atoms with Crippen molar-refractivity contribution in [2.24, 2.45) is 5.92 Å². The highest BCUT2D eigenvalue weighted by atomic mass is 31.2. The van der Waals surface area contributed by atoms with Crippen molar-refractivity contribution in [1.82, 2.24) is 0 Å². The highest BCUT2D eigenvalue weighted by molar-refractivity contribution is 7.54. The van der Waals surface area contributed by atoms with Crippen LogP contribution in [-0.4, -0.2) is 78.9 Å². The second-order valence-corrected chi connectivity index (χ2v) is 12.0. The topological polar surface area (TPSA) is 281 Å². The van der Waals surface area contributed by atoms with E-state index in [4.69, 9.17) is 19.6 Å². The molecule has 0 aromatic heterocycles. The molecule has 4 unspecified atom stereocenters. The largest absolute Gasteiger partial charge is 0.481 e. The Labute approximate surface area is 185 Å². The number of hydrogen-bond donors (Lipinski definition) is 10. The van der Waals surface area contributed by atoms with Crippen molar-refractivity contribution in [1.29, 1.82) is 0 Å². The van der Waals surface area contributed by atoms with Gasteiger partial charge in [0.05, 0.1) is 12.0 Å². The monoisotopic (exact) mass is 552 g/mol. The second-order valence-electron chi connectivity index (χ2n) is 6.78. The van der Waals surface area contributed by atoms with Crippen LogP contribution in [0.1, 0.15) is 39.5 Å². The van der Waals surface area contributed by atoms with Gasteiger partial charge in [0.15, 0.2) is 10.7 Å². The van der Waals surface area contributed by atoms with E-state index in [1.807, 2.05) is 0 Å². The highest BCUT2D eigenvalue weighted by Crippen LogP contribution is 2.64. The fourth-order valence-electron chi connectivity index (χ4n) is 3.03. The molecule has 0 saturated carbocycles. The molecule has 0 bridgehead atoms. The number of aliphatic hydroxyl groups excluding tert-OH is 1. The molecule has 0 heterocycles. The zero-order valence-corrected chi connectivity index (χ0v) is 20.5. The first-order chi connectivity index (χ1) is 14.4. The van der Waals surface area contributed by atoms with Crippen LogP contribution in [0.2, 0.25) is 0 Å². The lowest BCUT2D eigenvalue weighted by atomic mass is 9.91. The summed E-state index contributed by atoms with van der Waals surface area (Å²) in [6.07, 6.45) is -5.12. The maximum atomic E-state index is 12.3. The van der Waals surface area contributed by atoms with Crippen LogP contribution in [0.4, 0.5) is 0 Å². The Morgan fingerprint density at radius 1 is 0.906 bits per heavy atom. The van der Waals surface area contributed by atoms with Crippen molar-refractivity contribution in [3.05, 3.63) is 0 Å². The maximum Gasteiger partial charge on any atom is 0.357 e. The third-order valence-electron chi connectivity index (χ3n) is 4.56. The van der Waals surface area contributed by atoms with Crippen molar-refractivity contribution >= 4 is 38.4 Å². The molecule has 0 amide bonds. The van der Waals surface area contributed by atoms with Gasteiger partial charge in [-0.3, -0.25) is 23.0 Å². The van der Waals surface area contributed by atoms with Gasteiger partial charge < -0.3 is 54.1 Å². The van der Waals surface area contributed by atoms with Gasteiger partial charge in [0, 0.05) is 19.3 Å². The average molecular weight is 552 g/mol. The fourth-order valence-corrected chi connectivity index (χ4v) is 7.10. The van der Waals surface area contributed by atoms with Crippen LogP contribution in [0.15, 0.2) is 0 Å². The predicted molar refractivity (Wildman–Crippen MR) is 107 cm³/mol. The van der Waals surface area contributed by atoms with E-state index in [0.717, 1.165) is 6.92 Å². The summed E-state index contributed by atoms with van der Waals surface area (Å²) in [5.74, 6) is -3.90. The van der Waals surface area contributed by atoms with Crippen LogP contribution in [0.25, 0.3) is 0 Å². The number of hydrogen-bond acceptors (Lipinski definition) is 11. The SMILES string of the molecule is CCC(CC(CC(CC(C)OCO)(OP(O)O)P(=O)(O)O)C(=O)O)(OP(O)O)P(=O)(O)O. The van der Waals surface area contributed by atoms with E-state index >= 15 is 0 Å². The Hall–Kier alpha value is 0.310. The van der Waals surface area contributed by atoms with E-state index in [0.29, 0.717) is 0 Å².